The fraction of sp³-hybridized carbons (Fsp3) is 0.429. The van der Waals surface area contributed by atoms with Crippen LogP contribution in [0.15, 0.2) is 29.3 Å². The number of aryl methyl sites for hydroxylation is 1. The molecule has 0 aliphatic carbocycles. The zero-order valence-electron chi connectivity index (χ0n) is 11.8. The smallest absolute Gasteiger partial charge is 0.357 e. The van der Waals surface area contributed by atoms with E-state index in [2.05, 4.69) is 55.3 Å². The second-order valence-corrected chi connectivity index (χ2v) is 5.15. The monoisotopic (exact) mass is 260 g/mol. The second-order valence-electron chi connectivity index (χ2n) is 5.15. The summed E-state index contributed by atoms with van der Waals surface area (Å²) < 4.78 is 2.01. The summed E-state index contributed by atoms with van der Waals surface area (Å²) in [4.78, 5) is 4.54. The van der Waals surface area contributed by atoms with E-state index in [0.717, 1.165) is 18.5 Å². The van der Waals surface area contributed by atoms with E-state index < -0.39 is 5.66 Å². The first-order valence-corrected chi connectivity index (χ1v) is 6.58. The zero-order valence-corrected chi connectivity index (χ0v) is 11.8. The molecule has 5 heteroatoms. The van der Waals surface area contributed by atoms with Crippen molar-refractivity contribution in [2.45, 2.75) is 39.3 Å². The molecule has 0 radical (unpaired) electrons. The van der Waals surface area contributed by atoms with E-state index in [0.29, 0.717) is 11.9 Å². The molecule has 5 nitrogen and oxygen atoms in total. The van der Waals surface area contributed by atoms with Crippen LogP contribution in [0.1, 0.15) is 32.3 Å². The summed E-state index contributed by atoms with van der Waals surface area (Å²) in [6.07, 6.45) is 1.88. The Morgan fingerprint density at radius 2 is 1.89 bits per heavy atom. The number of benzene rings is 1. The summed E-state index contributed by atoms with van der Waals surface area (Å²) in [6, 6.07) is 8.23. The van der Waals surface area contributed by atoms with E-state index in [9.17, 15) is 0 Å². The predicted octanol–water partition coefficient (Wildman–Crippen LogP) is 1.39. The highest BCUT2D eigenvalue weighted by Gasteiger charge is 2.37. The van der Waals surface area contributed by atoms with Crippen LogP contribution in [0.2, 0.25) is 0 Å². The highest BCUT2D eigenvalue weighted by molar-refractivity contribution is 5.96. The van der Waals surface area contributed by atoms with E-state index in [1.54, 1.807) is 0 Å². The van der Waals surface area contributed by atoms with Gasteiger partial charge in [0.15, 0.2) is 5.66 Å². The molecule has 19 heavy (non-hydrogen) atoms. The van der Waals surface area contributed by atoms with Gasteiger partial charge in [-0.15, -0.1) is 0 Å². The Hall–Kier alpha value is -2.04. The number of nitrogens with two attached hydrogens (primary N) is 2. The quantitative estimate of drug-likeness (QED) is 0.718. The van der Waals surface area contributed by atoms with Crippen molar-refractivity contribution in [2.75, 3.05) is 0 Å². The van der Waals surface area contributed by atoms with Crippen LogP contribution in [0, 0.1) is 6.92 Å². The molecule has 2 rings (SSSR count). The Morgan fingerprint density at radius 1 is 1.26 bits per heavy atom. The van der Waals surface area contributed by atoms with Gasteiger partial charge in [-0.3, -0.25) is 5.73 Å². The lowest BCUT2D eigenvalue weighted by molar-refractivity contribution is -0.534. The molecular formula is C14H22N5+. The van der Waals surface area contributed by atoms with Crippen LogP contribution >= 0.6 is 0 Å². The van der Waals surface area contributed by atoms with Crippen molar-refractivity contribution >= 4 is 17.6 Å². The molecule has 1 heterocycles. The van der Waals surface area contributed by atoms with Crippen molar-refractivity contribution in [3.8, 4) is 0 Å². The third-order valence-electron chi connectivity index (χ3n) is 3.36. The predicted molar refractivity (Wildman–Crippen MR) is 78.4 cm³/mol. The first-order chi connectivity index (χ1) is 8.96. The molecule has 0 aromatic heterocycles. The molecule has 0 fully saturated rings. The van der Waals surface area contributed by atoms with Gasteiger partial charge >= 0.3 is 5.96 Å². The van der Waals surface area contributed by atoms with E-state index in [-0.39, 0.29) is 0 Å². The van der Waals surface area contributed by atoms with Crippen molar-refractivity contribution in [1.29, 1.82) is 0 Å². The summed E-state index contributed by atoms with van der Waals surface area (Å²) in [5.41, 5.74) is 13.7. The van der Waals surface area contributed by atoms with Gasteiger partial charge in [0.25, 0.3) is 5.96 Å². The average Bonchev–Trinajstić information content (AvgIpc) is 2.30. The Morgan fingerprint density at radius 3 is 2.47 bits per heavy atom. The van der Waals surface area contributed by atoms with Gasteiger partial charge in [-0.1, -0.05) is 31.0 Å². The number of guanidine groups is 2. The van der Waals surface area contributed by atoms with Crippen LogP contribution < -0.4 is 16.8 Å². The summed E-state index contributed by atoms with van der Waals surface area (Å²) in [5.74, 6) is 0.893. The molecule has 0 bridgehead atoms. The number of nitrogens with zero attached hydrogens (tertiary/aromatic N) is 2. The molecule has 5 N–H and O–H groups in total. The molecule has 1 aromatic rings. The third-order valence-corrected chi connectivity index (χ3v) is 3.36. The molecule has 1 aliphatic heterocycles. The van der Waals surface area contributed by atoms with Gasteiger partial charge in [-0.05, 0) is 26.0 Å². The standard InChI is InChI=1S/C14H21N5/c1-4-9-14(3)18-12(15)17-13(16)19(14)11-7-5-10(2)6-8-11/h5-8H,4,9H2,1-3H3,(H4,15,16,17,18)/p+1. The summed E-state index contributed by atoms with van der Waals surface area (Å²) in [7, 11) is 0. The van der Waals surface area contributed by atoms with Crippen LogP contribution in [-0.4, -0.2) is 22.2 Å². The van der Waals surface area contributed by atoms with E-state index >= 15 is 0 Å². The van der Waals surface area contributed by atoms with Crippen molar-refractivity contribution in [3.05, 3.63) is 29.8 Å². The first-order valence-electron chi connectivity index (χ1n) is 6.58. The minimum absolute atomic E-state index is 0.372. The number of rotatable bonds is 3. The topological polar surface area (TPSA) is 79.4 Å². The van der Waals surface area contributed by atoms with Crippen LogP contribution in [0.25, 0.3) is 0 Å². The second kappa shape index (κ2) is 4.91. The normalized spacial score (nSPS) is 23.0. The van der Waals surface area contributed by atoms with Crippen molar-refractivity contribution in [3.63, 3.8) is 0 Å². The summed E-state index contributed by atoms with van der Waals surface area (Å²) >= 11 is 0. The molecule has 0 spiro atoms. The van der Waals surface area contributed by atoms with Crippen LogP contribution in [0.3, 0.4) is 0 Å². The SMILES string of the molecule is CCCC1(C)N=C(N)NC(N)=[N+]1c1ccc(C)cc1. The van der Waals surface area contributed by atoms with Gasteiger partial charge in [0, 0.05) is 6.42 Å². The Balaban J connectivity index is 2.51. The Kier molecular flexibility index (Phi) is 3.46. The fourth-order valence-corrected chi connectivity index (χ4v) is 2.54. The largest absolute Gasteiger partial charge is 0.357 e. The minimum atomic E-state index is -0.441. The van der Waals surface area contributed by atoms with E-state index in [1.807, 2.05) is 4.58 Å². The number of hydrogen-bond acceptors (Lipinski definition) is 4. The molecule has 0 saturated carbocycles. The molecule has 1 aromatic carbocycles. The van der Waals surface area contributed by atoms with E-state index in [1.165, 1.54) is 5.56 Å². The maximum Gasteiger partial charge on any atom is 0.357 e. The fourth-order valence-electron chi connectivity index (χ4n) is 2.54. The molecule has 102 valence electrons. The van der Waals surface area contributed by atoms with Crippen molar-refractivity contribution < 1.29 is 4.58 Å². The molecule has 0 amide bonds. The molecular weight excluding hydrogens is 238 g/mol. The maximum absolute atomic E-state index is 6.12. The molecule has 0 saturated heterocycles. The summed E-state index contributed by atoms with van der Waals surface area (Å²) in [6.45, 7) is 6.24. The molecule has 1 aliphatic rings. The van der Waals surface area contributed by atoms with Gasteiger partial charge in [0.2, 0.25) is 0 Å². The zero-order chi connectivity index (χ0) is 14.0. The molecule has 1 unspecified atom stereocenters. The van der Waals surface area contributed by atoms with Crippen LogP contribution in [0.5, 0.6) is 0 Å². The van der Waals surface area contributed by atoms with E-state index in [4.69, 9.17) is 11.5 Å². The van der Waals surface area contributed by atoms with Crippen LogP contribution in [0.4, 0.5) is 5.69 Å². The third kappa shape index (κ3) is 2.54. The minimum Gasteiger partial charge on any atom is -0.357 e. The maximum atomic E-state index is 6.12. The van der Waals surface area contributed by atoms with Crippen molar-refractivity contribution in [2.24, 2.45) is 16.5 Å². The van der Waals surface area contributed by atoms with Gasteiger partial charge < -0.3 is 5.73 Å². The average molecular weight is 260 g/mol. The highest BCUT2D eigenvalue weighted by atomic mass is 15.4. The number of aliphatic imine (C=N–C) groups is 1. The molecule has 1 atom stereocenters. The van der Waals surface area contributed by atoms with Gasteiger partial charge in [0.05, 0.1) is 0 Å². The van der Waals surface area contributed by atoms with Crippen LogP contribution in [-0.2, 0) is 0 Å². The van der Waals surface area contributed by atoms with Gasteiger partial charge in [0.1, 0.15) is 5.69 Å². The van der Waals surface area contributed by atoms with Crippen molar-refractivity contribution in [1.82, 2.24) is 5.32 Å². The van der Waals surface area contributed by atoms with Gasteiger partial charge in [-0.25, -0.2) is 9.89 Å². The summed E-state index contributed by atoms with van der Waals surface area (Å²) in [5, 5.41) is 2.90. The Labute approximate surface area is 114 Å². The first kappa shape index (κ1) is 13.4. The number of hydrogen-bond donors (Lipinski definition) is 3. The lowest BCUT2D eigenvalue weighted by atomic mass is 10.0. The number of nitrogens with one attached hydrogen (secondary N) is 1. The van der Waals surface area contributed by atoms with Gasteiger partial charge in [-0.2, -0.15) is 4.99 Å². The lowest BCUT2D eigenvalue weighted by Crippen LogP contribution is -2.56. The lowest BCUT2D eigenvalue weighted by Gasteiger charge is -2.31. The highest BCUT2D eigenvalue weighted by Crippen LogP contribution is 2.28. The Bertz CT molecular complexity index is 529.